The summed E-state index contributed by atoms with van der Waals surface area (Å²) in [4.78, 5) is 0. The molecule has 0 aliphatic carbocycles. The normalized spacial score (nSPS) is 11.9. The minimum absolute atomic E-state index is 0.184. The molecule has 0 saturated carbocycles. The molecule has 4 heteroatoms. The molecule has 1 atom stereocenters. The van der Waals surface area contributed by atoms with Crippen molar-refractivity contribution < 1.29 is 4.39 Å². The predicted octanol–water partition coefficient (Wildman–Crippen LogP) is 3.64. The summed E-state index contributed by atoms with van der Waals surface area (Å²) in [6.45, 7) is 0.306. The molecule has 0 bridgehead atoms. The van der Waals surface area contributed by atoms with E-state index in [1.165, 1.54) is 6.07 Å². The zero-order chi connectivity index (χ0) is 14.5. The van der Waals surface area contributed by atoms with Crippen molar-refractivity contribution >= 4 is 11.6 Å². The average Bonchev–Trinajstić information content (AvgIpc) is 2.46. The van der Waals surface area contributed by atoms with Gasteiger partial charge in [0.05, 0.1) is 11.6 Å². The van der Waals surface area contributed by atoms with Crippen molar-refractivity contribution in [1.29, 1.82) is 5.26 Å². The van der Waals surface area contributed by atoms with E-state index in [1.807, 2.05) is 12.1 Å². The lowest BCUT2D eigenvalue weighted by Gasteiger charge is -2.17. The summed E-state index contributed by atoms with van der Waals surface area (Å²) in [7, 11) is 0. The topological polar surface area (TPSA) is 49.8 Å². The maximum atomic E-state index is 13.9. The third-order valence-electron chi connectivity index (χ3n) is 3.26. The summed E-state index contributed by atoms with van der Waals surface area (Å²) in [6, 6.07) is 13.9. The number of benzene rings is 2. The van der Waals surface area contributed by atoms with Gasteiger partial charge in [-0.15, -0.1) is 0 Å². The van der Waals surface area contributed by atoms with Crippen LogP contribution in [0.15, 0.2) is 42.5 Å². The van der Waals surface area contributed by atoms with Gasteiger partial charge in [0.25, 0.3) is 0 Å². The number of nitrogens with two attached hydrogens (primary N) is 1. The van der Waals surface area contributed by atoms with Crippen molar-refractivity contribution in [3.63, 3.8) is 0 Å². The Labute approximate surface area is 122 Å². The molecule has 2 aromatic rings. The van der Waals surface area contributed by atoms with Crippen LogP contribution in [0.25, 0.3) is 0 Å². The van der Waals surface area contributed by atoms with Gasteiger partial charge in [-0.3, -0.25) is 0 Å². The second-order valence-corrected chi connectivity index (χ2v) is 4.99. The molecule has 0 aliphatic heterocycles. The van der Waals surface area contributed by atoms with E-state index in [9.17, 15) is 4.39 Å². The number of hydrogen-bond acceptors (Lipinski definition) is 2. The van der Waals surface area contributed by atoms with Gasteiger partial charge in [0, 0.05) is 16.5 Å². The Morgan fingerprint density at radius 2 is 1.90 bits per heavy atom. The van der Waals surface area contributed by atoms with Crippen LogP contribution < -0.4 is 5.73 Å². The minimum atomic E-state index is -0.332. The first-order valence-electron chi connectivity index (χ1n) is 6.28. The van der Waals surface area contributed by atoms with Crippen LogP contribution >= 0.6 is 11.6 Å². The summed E-state index contributed by atoms with van der Waals surface area (Å²) in [5.74, 6) is -0.516. The number of rotatable bonds is 4. The third-order valence-corrected chi connectivity index (χ3v) is 3.59. The van der Waals surface area contributed by atoms with E-state index in [0.29, 0.717) is 29.1 Å². The van der Waals surface area contributed by atoms with Gasteiger partial charge in [-0.05, 0) is 42.8 Å². The standard InChI is InChI=1S/C16H14ClFN2/c17-14-2-1-3-15(18)16(14)13(10-20)8-11-4-6-12(9-19)7-5-11/h1-7,13H,8,10,20H2. The van der Waals surface area contributed by atoms with Gasteiger partial charge in [0.15, 0.2) is 0 Å². The van der Waals surface area contributed by atoms with E-state index < -0.39 is 0 Å². The van der Waals surface area contributed by atoms with Crippen LogP contribution in [-0.2, 0) is 6.42 Å². The lowest BCUT2D eigenvalue weighted by molar-refractivity contribution is 0.576. The number of halogens is 2. The molecule has 2 rings (SSSR count). The zero-order valence-electron chi connectivity index (χ0n) is 10.8. The van der Waals surface area contributed by atoms with Gasteiger partial charge in [0.1, 0.15) is 5.82 Å². The second kappa shape index (κ2) is 6.51. The Kier molecular flexibility index (Phi) is 4.73. The van der Waals surface area contributed by atoms with Crippen molar-refractivity contribution in [2.24, 2.45) is 5.73 Å². The Balaban J connectivity index is 2.27. The molecule has 0 spiro atoms. The van der Waals surface area contributed by atoms with Crippen LogP contribution in [-0.4, -0.2) is 6.54 Å². The summed E-state index contributed by atoms with van der Waals surface area (Å²) in [5, 5.41) is 9.17. The number of nitriles is 1. The molecular formula is C16H14ClFN2. The SMILES string of the molecule is N#Cc1ccc(CC(CN)c2c(F)cccc2Cl)cc1. The second-order valence-electron chi connectivity index (χ2n) is 4.58. The first-order valence-corrected chi connectivity index (χ1v) is 6.66. The molecule has 1 unspecified atom stereocenters. The average molecular weight is 289 g/mol. The predicted molar refractivity (Wildman–Crippen MR) is 78.1 cm³/mol. The Morgan fingerprint density at radius 3 is 2.45 bits per heavy atom. The van der Waals surface area contributed by atoms with Crippen LogP contribution in [0.5, 0.6) is 0 Å². The van der Waals surface area contributed by atoms with E-state index in [1.54, 1.807) is 24.3 Å². The quantitative estimate of drug-likeness (QED) is 0.934. The van der Waals surface area contributed by atoms with E-state index >= 15 is 0 Å². The third kappa shape index (κ3) is 3.16. The highest BCUT2D eigenvalue weighted by Crippen LogP contribution is 2.29. The van der Waals surface area contributed by atoms with Gasteiger partial charge in [0.2, 0.25) is 0 Å². The summed E-state index contributed by atoms with van der Waals surface area (Å²) < 4.78 is 13.9. The molecule has 0 amide bonds. The fourth-order valence-corrected chi connectivity index (χ4v) is 2.52. The van der Waals surface area contributed by atoms with Crippen LogP contribution in [0.1, 0.15) is 22.6 Å². The molecule has 2 N–H and O–H groups in total. The monoisotopic (exact) mass is 288 g/mol. The van der Waals surface area contributed by atoms with Crippen LogP contribution in [0.2, 0.25) is 5.02 Å². The molecule has 0 fully saturated rings. The van der Waals surface area contributed by atoms with Crippen molar-refractivity contribution in [3.05, 3.63) is 70.0 Å². The fourth-order valence-electron chi connectivity index (χ4n) is 2.20. The van der Waals surface area contributed by atoms with Crippen LogP contribution in [0.3, 0.4) is 0 Å². The van der Waals surface area contributed by atoms with Crippen molar-refractivity contribution in [1.82, 2.24) is 0 Å². The van der Waals surface area contributed by atoms with Gasteiger partial charge < -0.3 is 5.73 Å². The summed E-state index contributed by atoms with van der Waals surface area (Å²) in [5.41, 5.74) is 7.83. The summed E-state index contributed by atoms with van der Waals surface area (Å²) >= 11 is 6.08. The molecule has 20 heavy (non-hydrogen) atoms. The van der Waals surface area contributed by atoms with E-state index in [-0.39, 0.29) is 11.7 Å². The van der Waals surface area contributed by atoms with Crippen LogP contribution in [0, 0.1) is 17.1 Å². The van der Waals surface area contributed by atoms with Gasteiger partial charge in [-0.2, -0.15) is 5.26 Å². The van der Waals surface area contributed by atoms with Crippen molar-refractivity contribution in [3.8, 4) is 6.07 Å². The zero-order valence-corrected chi connectivity index (χ0v) is 11.6. The van der Waals surface area contributed by atoms with Gasteiger partial charge in [-0.1, -0.05) is 29.8 Å². The molecule has 102 valence electrons. The molecular weight excluding hydrogens is 275 g/mol. The van der Waals surface area contributed by atoms with Crippen molar-refractivity contribution in [2.45, 2.75) is 12.3 Å². The van der Waals surface area contributed by atoms with Crippen molar-refractivity contribution in [2.75, 3.05) is 6.54 Å². The molecule has 2 nitrogen and oxygen atoms in total. The maximum Gasteiger partial charge on any atom is 0.128 e. The first-order chi connectivity index (χ1) is 9.65. The molecule has 2 aromatic carbocycles. The molecule has 0 saturated heterocycles. The minimum Gasteiger partial charge on any atom is -0.330 e. The molecule has 0 aliphatic rings. The highest BCUT2D eigenvalue weighted by molar-refractivity contribution is 6.31. The smallest absolute Gasteiger partial charge is 0.128 e. The van der Waals surface area contributed by atoms with Gasteiger partial charge >= 0.3 is 0 Å². The first kappa shape index (κ1) is 14.5. The van der Waals surface area contributed by atoms with Crippen LogP contribution in [0.4, 0.5) is 4.39 Å². The molecule has 0 aromatic heterocycles. The Morgan fingerprint density at radius 1 is 1.20 bits per heavy atom. The highest BCUT2D eigenvalue weighted by Gasteiger charge is 2.18. The Bertz CT molecular complexity index is 612. The van der Waals surface area contributed by atoms with E-state index in [0.717, 1.165) is 5.56 Å². The maximum absolute atomic E-state index is 13.9. The van der Waals surface area contributed by atoms with E-state index in [4.69, 9.17) is 22.6 Å². The van der Waals surface area contributed by atoms with Gasteiger partial charge in [-0.25, -0.2) is 4.39 Å². The lowest BCUT2D eigenvalue weighted by atomic mass is 9.91. The number of nitrogens with zero attached hydrogens (tertiary/aromatic N) is 1. The number of hydrogen-bond donors (Lipinski definition) is 1. The molecule has 0 radical (unpaired) electrons. The fraction of sp³-hybridized carbons (Fsp3) is 0.188. The lowest BCUT2D eigenvalue weighted by Crippen LogP contribution is -2.17. The molecule has 0 heterocycles. The summed E-state index contributed by atoms with van der Waals surface area (Å²) in [6.07, 6.45) is 0.586. The Hall–Kier alpha value is -1.89. The van der Waals surface area contributed by atoms with E-state index in [2.05, 4.69) is 6.07 Å². The highest BCUT2D eigenvalue weighted by atomic mass is 35.5. The largest absolute Gasteiger partial charge is 0.330 e.